The van der Waals surface area contributed by atoms with E-state index in [1.54, 1.807) is 0 Å². The van der Waals surface area contributed by atoms with Crippen LogP contribution in [0.15, 0.2) is 0 Å². The fourth-order valence-electron chi connectivity index (χ4n) is 0. The first kappa shape index (κ1) is 10.6. The van der Waals surface area contributed by atoms with E-state index in [1.807, 2.05) is 0 Å². The molecule has 1 radical (unpaired) electrons. The van der Waals surface area contributed by atoms with Crippen LogP contribution in [-0.2, 0) is 57.8 Å². The van der Waals surface area contributed by atoms with Crippen molar-refractivity contribution < 1.29 is 57.8 Å². The molecule has 0 rings (SSSR count). The van der Waals surface area contributed by atoms with Gasteiger partial charge in [-0.25, -0.2) is 0 Å². The van der Waals surface area contributed by atoms with Crippen LogP contribution < -0.4 is 0 Å². The maximum atomic E-state index is 8.67. The zero-order valence-corrected chi connectivity index (χ0v) is 8.08. The molecule has 0 saturated heterocycles. The topological polar surface area (TPSA) is 85.3 Å². The monoisotopic (exact) mass is 306 g/mol. The molecule has 0 amide bonds. The average Bonchev–Trinajstić information content (AvgIpc) is 0.650. The van der Waals surface area contributed by atoms with Crippen LogP contribution >= 0.6 is 0 Å². The summed E-state index contributed by atoms with van der Waals surface area (Å²) in [6.07, 6.45) is 0. The van der Waals surface area contributed by atoms with E-state index < -0.39 is 15.7 Å². The molecule has 0 atom stereocenters. The number of hydrogen-bond acceptors (Lipinski definition) is 5. The molecule has 0 spiro atoms. The molecule has 0 unspecified atom stereocenters. The van der Waals surface area contributed by atoms with Crippen molar-refractivity contribution >= 4 is 0 Å². The van der Waals surface area contributed by atoms with Crippen molar-refractivity contribution in [2.75, 3.05) is 0 Å². The van der Waals surface area contributed by atoms with Gasteiger partial charge in [0.05, 0.1) is 0 Å². The van der Waals surface area contributed by atoms with Crippen molar-refractivity contribution in [3.63, 3.8) is 0 Å². The quantitative estimate of drug-likeness (QED) is 0.596. The minimum Gasteiger partial charge on any atom is 0 e. The van der Waals surface area contributed by atoms with Crippen LogP contribution in [0.2, 0.25) is 0 Å². The maximum absolute atomic E-state index is 8.67. The Labute approximate surface area is 57.5 Å². The van der Waals surface area contributed by atoms with E-state index in [0.717, 1.165) is 0 Å². The Morgan fingerprint density at radius 2 is 0.714 bits per heavy atom. The fraction of sp³-hybridized carbons (Fsp3) is 0. The van der Waals surface area contributed by atoms with Crippen LogP contribution in [0.1, 0.15) is 0 Å². The molecular formula is O5ScTa. The maximum Gasteiger partial charge on any atom is 0 e. The summed E-state index contributed by atoms with van der Waals surface area (Å²) in [5.74, 6) is 0. The van der Waals surface area contributed by atoms with Gasteiger partial charge in [-0.2, -0.15) is 0 Å². The molecule has 5 nitrogen and oxygen atoms in total. The molecule has 0 aliphatic rings. The molecule has 0 saturated carbocycles. The minimum atomic E-state index is -8.05. The number of rotatable bonds is 0. The van der Waals surface area contributed by atoms with Gasteiger partial charge in [-0.1, -0.05) is 0 Å². The van der Waals surface area contributed by atoms with Crippen molar-refractivity contribution in [1.82, 2.24) is 0 Å². The largest absolute Gasteiger partial charge is 0 e. The third-order valence-corrected chi connectivity index (χ3v) is 0. The molecule has 7 heavy (non-hydrogen) atoms. The van der Waals surface area contributed by atoms with E-state index in [9.17, 15) is 0 Å². The van der Waals surface area contributed by atoms with Crippen LogP contribution in [0, 0.1) is 0 Å². The molecule has 0 aliphatic heterocycles. The van der Waals surface area contributed by atoms with Gasteiger partial charge in [0.25, 0.3) is 0 Å². The first-order valence-corrected chi connectivity index (χ1v) is 7.47. The minimum absolute atomic E-state index is 0. The van der Waals surface area contributed by atoms with Gasteiger partial charge in [0, 0.05) is 25.8 Å². The third kappa shape index (κ3) is 377. The Morgan fingerprint density at radius 3 is 0.714 bits per heavy atom. The van der Waals surface area contributed by atoms with Crippen LogP contribution in [0.3, 0.4) is 0 Å². The second kappa shape index (κ2) is 1.85. The van der Waals surface area contributed by atoms with E-state index >= 15 is 0 Å². The van der Waals surface area contributed by atoms with Gasteiger partial charge in [0.15, 0.2) is 0 Å². The average molecular weight is 306 g/mol. The second-order valence-electron chi connectivity index (χ2n) is 0.745. The van der Waals surface area contributed by atoms with Crippen LogP contribution in [0.25, 0.3) is 0 Å². The Kier molecular flexibility index (Phi) is 2.79. The molecule has 0 bridgehead atoms. The molecule has 0 N–H and O–H groups in total. The summed E-state index contributed by atoms with van der Waals surface area (Å²) in [7, 11) is 0. The predicted octanol–water partition coefficient (Wildman–Crippen LogP) is -0.599. The first-order valence-electron chi connectivity index (χ1n) is 0.913. The van der Waals surface area contributed by atoms with Gasteiger partial charge in [0.1, 0.15) is 0 Å². The molecule has 0 fully saturated rings. The van der Waals surface area contributed by atoms with Crippen molar-refractivity contribution in [2.24, 2.45) is 0 Å². The molecule has 38 valence electrons. The van der Waals surface area contributed by atoms with Gasteiger partial charge >= 0.3 is 31.9 Å². The molecule has 0 aromatic rings. The van der Waals surface area contributed by atoms with E-state index in [2.05, 4.69) is 0 Å². The van der Waals surface area contributed by atoms with Crippen LogP contribution in [0.5, 0.6) is 0 Å². The molecule has 0 aromatic heterocycles. The molecule has 0 aliphatic carbocycles. The summed E-state index contributed by atoms with van der Waals surface area (Å²) in [6, 6.07) is 0. The Bertz CT molecular complexity index is 278. The predicted molar refractivity (Wildman–Crippen MR) is 3.43 cm³/mol. The van der Waals surface area contributed by atoms with Crippen LogP contribution in [0.4, 0.5) is 0 Å². The van der Waals surface area contributed by atoms with E-state index in [4.69, 9.17) is 16.3 Å². The van der Waals surface area contributed by atoms with E-state index in [-0.39, 0.29) is 25.8 Å². The van der Waals surface area contributed by atoms with Gasteiger partial charge in [-0.3, -0.25) is 0 Å². The van der Waals surface area contributed by atoms with Crippen molar-refractivity contribution in [1.29, 1.82) is 0 Å². The Balaban J connectivity index is 0. The molecule has 7 heteroatoms. The first-order chi connectivity index (χ1) is 2.24. The zero-order chi connectivity index (χ0) is 5.45. The van der Waals surface area contributed by atoms with Crippen molar-refractivity contribution in [3.05, 3.63) is 0 Å². The Morgan fingerprint density at radius 1 is 0.714 bits per heavy atom. The zero-order valence-electron chi connectivity index (χ0n) is 3.07. The summed E-state index contributed by atoms with van der Waals surface area (Å²) in [4.78, 5) is 0. The van der Waals surface area contributed by atoms with Gasteiger partial charge in [-0.15, -0.1) is 0 Å². The Hall–Kier alpha value is 0.610. The molecular weight excluding hydrogens is 306 g/mol. The summed E-state index contributed by atoms with van der Waals surface area (Å²) >= 11 is -8.05. The van der Waals surface area contributed by atoms with Crippen molar-refractivity contribution in [2.45, 2.75) is 0 Å². The summed E-state index contributed by atoms with van der Waals surface area (Å²) in [6.45, 7) is 0. The standard InChI is InChI=1S/5O.Sc.Ta. The molecule has 0 heterocycles. The van der Waals surface area contributed by atoms with Crippen molar-refractivity contribution in [3.8, 4) is 0 Å². The smallest absolute Gasteiger partial charge is 0 e. The van der Waals surface area contributed by atoms with Gasteiger partial charge < -0.3 is 0 Å². The SMILES string of the molecule is [O]=[Ta](=[O])(=[O])(=[O])=[O].[Sc]. The van der Waals surface area contributed by atoms with Crippen LogP contribution in [-0.4, -0.2) is 0 Å². The summed E-state index contributed by atoms with van der Waals surface area (Å²) in [5, 5.41) is 0. The summed E-state index contributed by atoms with van der Waals surface area (Å²) in [5.41, 5.74) is 0. The van der Waals surface area contributed by atoms with Gasteiger partial charge in [0.2, 0.25) is 0 Å². The third-order valence-electron chi connectivity index (χ3n) is 0. The normalized spacial score (nSPS) is 8.57. The fourth-order valence-corrected chi connectivity index (χ4v) is 0. The van der Waals surface area contributed by atoms with E-state index in [1.165, 1.54) is 0 Å². The summed E-state index contributed by atoms with van der Waals surface area (Å²) < 4.78 is 43.4. The molecule has 0 aromatic carbocycles. The second-order valence-corrected chi connectivity index (χ2v) is 6.10. The number of hydrogen-bond donors (Lipinski definition) is 0. The van der Waals surface area contributed by atoms with Gasteiger partial charge in [-0.05, 0) is 0 Å². The van der Waals surface area contributed by atoms with E-state index in [0.29, 0.717) is 0 Å².